The second kappa shape index (κ2) is 5.97. The Morgan fingerprint density at radius 3 is 2.50 bits per heavy atom. The van der Waals surface area contributed by atoms with Crippen LogP contribution in [-0.4, -0.2) is 19.3 Å². The van der Waals surface area contributed by atoms with Gasteiger partial charge in [0.25, 0.3) is 0 Å². The molecule has 0 amide bonds. The fraction of sp³-hybridized carbons (Fsp3) is 0.111. The van der Waals surface area contributed by atoms with Gasteiger partial charge in [-0.3, -0.25) is 0 Å². The number of methoxy groups -OCH3 is 2. The molecule has 24 heavy (non-hydrogen) atoms. The highest BCUT2D eigenvalue weighted by atomic mass is 16.5. The van der Waals surface area contributed by atoms with E-state index in [1.165, 1.54) is 26.4 Å². The van der Waals surface area contributed by atoms with E-state index in [-0.39, 0.29) is 16.9 Å². The zero-order valence-corrected chi connectivity index (χ0v) is 13.0. The van der Waals surface area contributed by atoms with Crippen molar-refractivity contribution in [1.82, 2.24) is 0 Å². The third kappa shape index (κ3) is 2.42. The van der Waals surface area contributed by atoms with Crippen LogP contribution in [0.15, 0.2) is 45.6 Å². The minimum atomic E-state index is -0.764. The molecule has 0 spiro atoms. The Labute approximate surface area is 137 Å². The van der Waals surface area contributed by atoms with Crippen molar-refractivity contribution in [3.05, 3.63) is 52.4 Å². The lowest BCUT2D eigenvalue weighted by Crippen LogP contribution is -2.06. The van der Waals surface area contributed by atoms with Crippen LogP contribution in [0.1, 0.15) is 5.56 Å². The molecule has 0 saturated heterocycles. The molecule has 0 aliphatic heterocycles. The Bertz CT molecular complexity index is 1030. The Morgan fingerprint density at radius 2 is 1.83 bits per heavy atom. The molecule has 0 fully saturated rings. The topological polar surface area (TPSA) is 92.7 Å². The van der Waals surface area contributed by atoms with E-state index < -0.39 is 5.63 Å². The lowest BCUT2D eigenvalue weighted by atomic mass is 9.97. The molecule has 0 radical (unpaired) electrons. The van der Waals surface area contributed by atoms with E-state index in [0.717, 1.165) is 0 Å². The molecule has 120 valence electrons. The Kier molecular flexibility index (Phi) is 3.84. The standard InChI is InChI=1S/C18H13NO5/c1-22-14-6-3-10(7-16(14)23-2)17-12-5-4-11(20)8-15(12)24-18(21)13(17)9-19/h3-8,20H,1-2H3. The summed E-state index contributed by atoms with van der Waals surface area (Å²) in [6, 6.07) is 11.4. The maximum Gasteiger partial charge on any atom is 0.354 e. The molecule has 0 atom stereocenters. The van der Waals surface area contributed by atoms with Crippen LogP contribution in [0, 0.1) is 11.3 Å². The van der Waals surface area contributed by atoms with Crippen LogP contribution >= 0.6 is 0 Å². The van der Waals surface area contributed by atoms with Crippen LogP contribution in [0.5, 0.6) is 17.2 Å². The van der Waals surface area contributed by atoms with Gasteiger partial charge in [-0.2, -0.15) is 5.26 Å². The Balaban J connectivity index is 2.41. The molecule has 2 aromatic carbocycles. The Morgan fingerprint density at radius 1 is 1.08 bits per heavy atom. The highest BCUT2D eigenvalue weighted by Crippen LogP contribution is 2.36. The molecule has 1 heterocycles. The molecule has 0 bridgehead atoms. The molecule has 3 aromatic rings. The summed E-state index contributed by atoms with van der Waals surface area (Å²) in [4.78, 5) is 12.1. The van der Waals surface area contributed by atoms with Crippen LogP contribution < -0.4 is 15.1 Å². The number of phenolic OH excluding ortho intramolecular Hbond substituents is 1. The molecule has 1 N–H and O–H groups in total. The summed E-state index contributed by atoms with van der Waals surface area (Å²) in [6.45, 7) is 0. The normalized spacial score (nSPS) is 10.4. The summed E-state index contributed by atoms with van der Waals surface area (Å²) >= 11 is 0. The van der Waals surface area contributed by atoms with Gasteiger partial charge in [-0.15, -0.1) is 0 Å². The van der Waals surface area contributed by atoms with Gasteiger partial charge in [0, 0.05) is 17.0 Å². The average Bonchev–Trinajstić information content (AvgIpc) is 2.59. The molecular weight excluding hydrogens is 310 g/mol. The molecule has 3 rings (SSSR count). The van der Waals surface area contributed by atoms with Crippen molar-refractivity contribution in [2.45, 2.75) is 0 Å². The van der Waals surface area contributed by atoms with Crippen LogP contribution in [0.2, 0.25) is 0 Å². The van der Waals surface area contributed by atoms with E-state index in [0.29, 0.717) is 28.0 Å². The van der Waals surface area contributed by atoms with Crippen LogP contribution in [0.4, 0.5) is 0 Å². The number of fused-ring (bicyclic) bond motifs is 1. The third-order valence-corrected chi connectivity index (χ3v) is 3.68. The van der Waals surface area contributed by atoms with E-state index in [1.807, 2.05) is 6.07 Å². The first-order valence-electron chi connectivity index (χ1n) is 7.01. The quantitative estimate of drug-likeness (QED) is 0.745. The zero-order valence-electron chi connectivity index (χ0n) is 13.0. The van der Waals surface area contributed by atoms with E-state index in [4.69, 9.17) is 13.9 Å². The Hall–Kier alpha value is -3.46. The van der Waals surface area contributed by atoms with E-state index in [2.05, 4.69) is 0 Å². The van der Waals surface area contributed by atoms with Crippen LogP contribution in [0.25, 0.3) is 22.1 Å². The molecule has 6 nitrogen and oxygen atoms in total. The van der Waals surface area contributed by atoms with Crippen molar-refractivity contribution >= 4 is 11.0 Å². The van der Waals surface area contributed by atoms with Crippen molar-refractivity contribution in [3.8, 4) is 34.4 Å². The average molecular weight is 323 g/mol. The lowest BCUT2D eigenvalue weighted by molar-refractivity contribution is 0.355. The number of hydrogen-bond acceptors (Lipinski definition) is 6. The monoisotopic (exact) mass is 323 g/mol. The number of nitrogens with zero attached hydrogens (tertiary/aromatic N) is 1. The van der Waals surface area contributed by atoms with Gasteiger partial charge >= 0.3 is 5.63 Å². The van der Waals surface area contributed by atoms with Crippen LogP contribution in [0.3, 0.4) is 0 Å². The molecule has 0 aliphatic carbocycles. The van der Waals surface area contributed by atoms with Crippen molar-refractivity contribution in [3.63, 3.8) is 0 Å². The first kappa shape index (κ1) is 15.4. The molecule has 0 unspecified atom stereocenters. The third-order valence-electron chi connectivity index (χ3n) is 3.68. The largest absolute Gasteiger partial charge is 0.508 e. The van der Waals surface area contributed by atoms with E-state index in [1.54, 1.807) is 24.3 Å². The van der Waals surface area contributed by atoms with E-state index in [9.17, 15) is 15.2 Å². The van der Waals surface area contributed by atoms with Gasteiger partial charge in [0.1, 0.15) is 23.0 Å². The fourth-order valence-electron chi connectivity index (χ4n) is 2.58. The smallest absolute Gasteiger partial charge is 0.354 e. The van der Waals surface area contributed by atoms with Crippen molar-refractivity contribution in [2.75, 3.05) is 14.2 Å². The first-order valence-corrected chi connectivity index (χ1v) is 7.01. The summed E-state index contributed by atoms with van der Waals surface area (Å²) in [5, 5.41) is 19.5. The van der Waals surface area contributed by atoms with Gasteiger partial charge in [-0.05, 0) is 29.8 Å². The summed E-state index contributed by atoms with van der Waals surface area (Å²) in [6.07, 6.45) is 0. The first-order chi connectivity index (χ1) is 11.6. The number of ether oxygens (including phenoxy) is 2. The predicted octanol–water partition coefficient (Wildman–Crippen LogP) is 3.05. The van der Waals surface area contributed by atoms with Crippen molar-refractivity contribution in [2.24, 2.45) is 0 Å². The minimum Gasteiger partial charge on any atom is -0.508 e. The molecule has 0 aliphatic rings. The maximum atomic E-state index is 12.1. The molecule has 0 saturated carbocycles. The summed E-state index contributed by atoms with van der Waals surface area (Å²) in [5.74, 6) is 0.970. The minimum absolute atomic E-state index is 0.0337. The zero-order chi connectivity index (χ0) is 17.3. The van der Waals surface area contributed by atoms with Gasteiger partial charge in [-0.25, -0.2) is 4.79 Å². The predicted molar refractivity (Wildman–Crippen MR) is 87.4 cm³/mol. The summed E-state index contributed by atoms with van der Waals surface area (Å²) < 4.78 is 15.6. The summed E-state index contributed by atoms with van der Waals surface area (Å²) in [5.41, 5.74) is 0.349. The summed E-state index contributed by atoms with van der Waals surface area (Å²) in [7, 11) is 3.02. The number of hydrogen-bond donors (Lipinski definition) is 1. The molecule has 1 aromatic heterocycles. The van der Waals surface area contributed by atoms with Gasteiger partial charge in [0.05, 0.1) is 14.2 Å². The second-order valence-electron chi connectivity index (χ2n) is 5.00. The number of rotatable bonds is 3. The maximum absolute atomic E-state index is 12.1. The van der Waals surface area contributed by atoms with Crippen molar-refractivity contribution in [1.29, 1.82) is 5.26 Å². The van der Waals surface area contributed by atoms with Crippen molar-refractivity contribution < 1.29 is 19.0 Å². The fourth-order valence-corrected chi connectivity index (χ4v) is 2.58. The van der Waals surface area contributed by atoms with E-state index >= 15 is 0 Å². The lowest BCUT2D eigenvalue weighted by Gasteiger charge is -2.12. The van der Waals surface area contributed by atoms with Gasteiger partial charge in [0.2, 0.25) is 0 Å². The number of phenols is 1. The highest BCUT2D eigenvalue weighted by molar-refractivity contribution is 5.96. The SMILES string of the molecule is COc1ccc(-c2c(C#N)c(=O)oc3cc(O)ccc23)cc1OC. The molecule has 6 heteroatoms. The number of benzene rings is 2. The number of aromatic hydroxyl groups is 1. The van der Waals surface area contributed by atoms with Gasteiger partial charge in [-0.1, -0.05) is 6.07 Å². The number of nitriles is 1. The highest BCUT2D eigenvalue weighted by Gasteiger charge is 2.18. The van der Waals surface area contributed by atoms with Crippen LogP contribution in [-0.2, 0) is 0 Å². The van der Waals surface area contributed by atoms with Gasteiger partial charge in [0.15, 0.2) is 11.5 Å². The molecular formula is C18H13NO5. The second-order valence-corrected chi connectivity index (χ2v) is 5.00. The van der Waals surface area contributed by atoms with Gasteiger partial charge < -0.3 is 19.0 Å².